The SMILES string of the molecule is Cc1cc(C(=O)Nc2[nH]ncc2C#N)sc1Br. The molecule has 0 saturated carbocycles. The van der Waals surface area contributed by atoms with Crippen LogP contribution >= 0.6 is 27.3 Å². The Hall–Kier alpha value is -1.65. The molecule has 17 heavy (non-hydrogen) atoms. The molecule has 2 N–H and O–H groups in total. The fourth-order valence-corrected chi connectivity index (χ4v) is 2.64. The predicted molar refractivity (Wildman–Crippen MR) is 68.0 cm³/mol. The molecule has 0 aliphatic carbocycles. The second kappa shape index (κ2) is 4.69. The van der Waals surface area contributed by atoms with Crippen LogP contribution in [0.3, 0.4) is 0 Å². The van der Waals surface area contributed by atoms with Crippen molar-refractivity contribution in [3.63, 3.8) is 0 Å². The molecule has 2 aromatic heterocycles. The number of nitrogens with one attached hydrogen (secondary N) is 2. The summed E-state index contributed by atoms with van der Waals surface area (Å²) >= 11 is 4.70. The predicted octanol–water partition coefficient (Wildman–Crippen LogP) is 2.67. The Labute approximate surface area is 110 Å². The van der Waals surface area contributed by atoms with Gasteiger partial charge >= 0.3 is 0 Å². The lowest BCUT2D eigenvalue weighted by Gasteiger charge is -1.99. The molecule has 1 amide bonds. The van der Waals surface area contributed by atoms with E-state index < -0.39 is 0 Å². The number of thiophene rings is 1. The standard InChI is InChI=1S/C10H7BrN4OS/c1-5-2-7(17-8(5)11)10(16)14-9-6(3-12)4-13-15-9/h2,4H,1H3,(H2,13,14,15,16). The molecule has 0 radical (unpaired) electrons. The quantitative estimate of drug-likeness (QED) is 0.894. The maximum absolute atomic E-state index is 11.9. The third-order valence-corrected chi connectivity index (χ3v) is 4.21. The van der Waals surface area contributed by atoms with E-state index in [2.05, 4.69) is 31.4 Å². The molecule has 2 aromatic rings. The lowest BCUT2D eigenvalue weighted by Crippen LogP contribution is -2.11. The van der Waals surface area contributed by atoms with Crippen molar-refractivity contribution < 1.29 is 4.79 Å². The van der Waals surface area contributed by atoms with Gasteiger partial charge in [-0.25, -0.2) is 0 Å². The molecule has 0 bridgehead atoms. The van der Waals surface area contributed by atoms with E-state index in [1.807, 2.05) is 13.0 Å². The van der Waals surface area contributed by atoms with E-state index in [0.29, 0.717) is 16.3 Å². The van der Waals surface area contributed by atoms with Gasteiger partial charge in [-0.15, -0.1) is 11.3 Å². The zero-order valence-electron chi connectivity index (χ0n) is 8.74. The number of hydrogen-bond donors (Lipinski definition) is 2. The molecule has 0 saturated heterocycles. The van der Waals surface area contributed by atoms with Crippen molar-refractivity contribution in [3.8, 4) is 6.07 Å². The van der Waals surface area contributed by atoms with Crippen LogP contribution in [0.2, 0.25) is 0 Å². The molecule has 0 aromatic carbocycles. The number of aromatic nitrogens is 2. The molecule has 2 heterocycles. The zero-order chi connectivity index (χ0) is 12.4. The highest BCUT2D eigenvalue weighted by molar-refractivity contribution is 9.11. The van der Waals surface area contributed by atoms with Gasteiger partial charge in [0.15, 0.2) is 0 Å². The molecular weight excluding hydrogens is 304 g/mol. The topological polar surface area (TPSA) is 81.6 Å². The average molecular weight is 311 g/mol. The van der Waals surface area contributed by atoms with Crippen molar-refractivity contribution in [2.45, 2.75) is 6.92 Å². The first-order chi connectivity index (χ1) is 8.11. The summed E-state index contributed by atoms with van der Waals surface area (Å²) in [6.07, 6.45) is 1.37. The number of carbonyl (C=O) groups is 1. The number of anilines is 1. The third kappa shape index (κ3) is 2.38. The van der Waals surface area contributed by atoms with Crippen LogP contribution in [0.15, 0.2) is 16.0 Å². The summed E-state index contributed by atoms with van der Waals surface area (Å²) in [6, 6.07) is 3.72. The molecule has 0 aliphatic rings. The number of aromatic amines is 1. The molecule has 86 valence electrons. The minimum Gasteiger partial charge on any atom is -0.305 e. The van der Waals surface area contributed by atoms with Gasteiger partial charge in [-0.3, -0.25) is 9.89 Å². The highest BCUT2D eigenvalue weighted by atomic mass is 79.9. The van der Waals surface area contributed by atoms with Crippen LogP contribution in [0.5, 0.6) is 0 Å². The number of hydrogen-bond acceptors (Lipinski definition) is 4. The monoisotopic (exact) mass is 310 g/mol. The Morgan fingerprint density at radius 1 is 1.71 bits per heavy atom. The number of H-pyrrole nitrogens is 1. The Balaban J connectivity index is 2.20. The molecule has 7 heteroatoms. The fraction of sp³-hybridized carbons (Fsp3) is 0.100. The van der Waals surface area contributed by atoms with Crippen LogP contribution in [0.4, 0.5) is 5.82 Å². The van der Waals surface area contributed by atoms with Gasteiger partial charge in [0.2, 0.25) is 0 Å². The minimum absolute atomic E-state index is 0.260. The average Bonchev–Trinajstić information content (AvgIpc) is 2.86. The van der Waals surface area contributed by atoms with Gasteiger partial charge in [-0.1, -0.05) is 0 Å². The number of rotatable bonds is 2. The first-order valence-electron chi connectivity index (χ1n) is 4.62. The van der Waals surface area contributed by atoms with Crippen molar-refractivity contribution in [3.05, 3.63) is 32.1 Å². The molecule has 0 spiro atoms. The summed E-state index contributed by atoms with van der Waals surface area (Å²) in [5, 5.41) is 17.6. The number of amides is 1. The van der Waals surface area contributed by atoms with Crippen molar-refractivity contribution in [2.75, 3.05) is 5.32 Å². The number of aryl methyl sites for hydroxylation is 1. The first kappa shape index (κ1) is 11.8. The highest BCUT2D eigenvalue weighted by Crippen LogP contribution is 2.27. The molecule has 5 nitrogen and oxygen atoms in total. The van der Waals surface area contributed by atoms with E-state index in [0.717, 1.165) is 9.35 Å². The fourth-order valence-electron chi connectivity index (χ4n) is 1.21. The lowest BCUT2D eigenvalue weighted by atomic mass is 10.3. The number of halogens is 1. The van der Waals surface area contributed by atoms with E-state index in [4.69, 9.17) is 5.26 Å². The second-order valence-corrected chi connectivity index (χ2v) is 5.66. The molecule has 0 atom stereocenters. The molecular formula is C10H7BrN4OS. The van der Waals surface area contributed by atoms with Crippen LogP contribution in [-0.4, -0.2) is 16.1 Å². The lowest BCUT2D eigenvalue weighted by molar-refractivity contribution is 0.103. The maximum atomic E-state index is 11.9. The summed E-state index contributed by atoms with van der Waals surface area (Å²) in [5.74, 6) is 0.0595. The van der Waals surface area contributed by atoms with Crippen LogP contribution in [0, 0.1) is 18.3 Å². The van der Waals surface area contributed by atoms with Gasteiger partial charge in [0, 0.05) is 0 Å². The molecule has 0 aliphatic heterocycles. The highest BCUT2D eigenvalue weighted by Gasteiger charge is 2.14. The van der Waals surface area contributed by atoms with Crippen molar-refractivity contribution in [1.29, 1.82) is 5.26 Å². The van der Waals surface area contributed by atoms with Crippen molar-refractivity contribution in [2.24, 2.45) is 0 Å². The van der Waals surface area contributed by atoms with E-state index in [-0.39, 0.29) is 5.91 Å². The Morgan fingerprint density at radius 2 is 2.47 bits per heavy atom. The van der Waals surface area contributed by atoms with Gasteiger partial charge < -0.3 is 5.32 Å². The van der Waals surface area contributed by atoms with E-state index in [1.54, 1.807) is 6.07 Å². The molecule has 0 fully saturated rings. The second-order valence-electron chi connectivity index (χ2n) is 3.29. The largest absolute Gasteiger partial charge is 0.305 e. The van der Waals surface area contributed by atoms with Gasteiger partial charge in [0.05, 0.1) is 14.9 Å². The van der Waals surface area contributed by atoms with E-state index >= 15 is 0 Å². The molecule has 0 unspecified atom stereocenters. The summed E-state index contributed by atoms with van der Waals surface area (Å²) in [4.78, 5) is 12.4. The number of nitriles is 1. The van der Waals surface area contributed by atoms with Gasteiger partial charge in [0.1, 0.15) is 17.5 Å². The minimum atomic E-state index is -0.260. The van der Waals surface area contributed by atoms with Gasteiger partial charge in [-0.05, 0) is 34.5 Å². The third-order valence-electron chi connectivity index (χ3n) is 2.08. The van der Waals surface area contributed by atoms with E-state index in [9.17, 15) is 4.79 Å². The van der Waals surface area contributed by atoms with Crippen molar-refractivity contribution in [1.82, 2.24) is 10.2 Å². The Kier molecular flexibility index (Phi) is 3.26. The summed E-state index contributed by atoms with van der Waals surface area (Å²) in [5.41, 5.74) is 1.32. The Bertz CT molecular complexity index is 591. The summed E-state index contributed by atoms with van der Waals surface area (Å²) in [6.45, 7) is 1.91. The van der Waals surface area contributed by atoms with Gasteiger partial charge in [-0.2, -0.15) is 10.4 Å². The van der Waals surface area contributed by atoms with Gasteiger partial charge in [0.25, 0.3) is 5.91 Å². The van der Waals surface area contributed by atoms with Crippen molar-refractivity contribution >= 4 is 39.0 Å². The summed E-state index contributed by atoms with van der Waals surface area (Å²) in [7, 11) is 0. The van der Waals surface area contributed by atoms with Crippen LogP contribution in [0.25, 0.3) is 0 Å². The number of nitrogens with zero attached hydrogens (tertiary/aromatic N) is 2. The zero-order valence-corrected chi connectivity index (χ0v) is 11.1. The maximum Gasteiger partial charge on any atom is 0.266 e. The van der Waals surface area contributed by atoms with E-state index in [1.165, 1.54) is 17.5 Å². The van der Waals surface area contributed by atoms with Crippen LogP contribution in [0.1, 0.15) is 20.8 Å². The van der Waals surface area contributed by atoms with Crippen LogP contribution < -0.4 is 5.32 Å². The molecule has 2 rings (SSSR count). The normalized spacial score (nSPS) is 9.94. The summed E-state index contributed by atoms with van der Waals surface area (Å²) < 4.78 is 0.924. The Morgan fingerprint density at radius 3 is 3.06 bits per heavy atom. The number of carbonyl (C=O) groups excluding carboxylic acids is 1. The smallest absolute Gasteiger partial charge is 0.266 e. The first-order valence-corrected chi connectivity index (χ1v) is 6.23. The van der Waals surface area contributed by atoms with Crippen LogP contribution in [-0.2, 0) is 0 Å².